The number of unbranched alkanes of at least 4 members (excludes halogenated alkanes) is 3. The average Bonchev–Trinajstić information content (AvgIpc) is 2.69. The van der Waals surface area contributed by atoms with Crippen LogP contribution in [0.1, 0.15) is 73.1 Å². The Bertz CT molecular complexity index is 435. The summed E-state index contributed by atoms with van der Waals surface area (Å²) in [6, 6.07) is 0.0370. The monoisotopic (exact) mass is 524 g/mol. The van der Waals surface area contributed by atoms with E-state index in [2.05, 4.69) is 34.8 Å². The van der Waals surface area contributed by atoms with Crippen LogP contribution >= 0.6 is 0 Å². The number of rotatable bonds is 11. The van der Waals surface area contributed by atoms with Crippen molar-refractivity contribution < 1.29 is 36.8 Å². The molecule has 0 bridgehead atoms. The van der Waals surface area contributed by atoms with Crippen molar-refractivity contribution in [3.05, 3.63) is 12.7 Å². The molecule has 1 atom stereocenters. The molecular weight excluding hydrogens is 483 g/mol. The van der Waals surface area contributed by atoms with Gasteiger partial charge < -0.3 is 44.3 Å². The smallest absolute Gasteiger partial charge is 0.719 e. The van der Waals surface area contributed by atoms with Gasteiger partial charge in [-0.1, -0.05) is 46.6 Å². The molecule has 1 radical (unpaired) electrons. The van der Waals surface area contributed by atoms with Crippen LogP contribution in [0, 0.1) is 0 Å². The Morgan fingerprint density at radius 1 is 1.20 bits per heavy atom. The Hall–Kier alpha value is -1.42. The summed E-state index contributed by atoms with van der Waals surface area (Å²) in [5.41, 5.74) is 10.0. The number of hydrogen-bond donors (Lipinski definition) is 4. The molecule has 10 heteroatoms. The van der Waals surface area contributed by atoms with Gasteiger partial charge in [-0.2, -0.15) is 6.42 Å². The molecule has 8 nitrogen and oxygen atoms in total. The quantitative estimate of drug-likeness (QED) is 0.0623. The van der Waals surface area contributed by atoms with Crippen LogP contribution in [0.5, 0.6) is 0 Å². The number of amides is 2. The number of nitrogens with two attached hydrogens (primary N) is 2. The Labute approximate surface area is 204 Å². The normalized spacial score (nSPS) is 9.10. The van der Waals surface area contributed by atoms with E-state index >= 15 is 0 Å². The van der Waals surface area contributed by atoms with Gasteiger partial charge in [0.05, 0.1) is 5.24 Å². The maximum absolute atomic E-state index is 10.4. The molecule has 0 saturated heterocycles. The maximum atomic E-state index is 10.4. The first-order chi connectivity index (χ1) is 13.7. The zero-order valence-electron chi connectivity index (χ0n) is 19.2. The van der Waals surface area contributed by atoms with Gasteiger partial charge in [0.2, 0.25) is 5.91 Å². The van der Waals surface area contributed by atoms with E-state index in [9.17, 15) is 14.4 Å². The fourth-order valence-corrected chi connectivity index (χ4v) is 1.63. The van der Waals surface area contributed by atoms with Crippen LogP contribution in [-0.4, -0.2) is 42.5 Å². The van der Waals surface area contributed by atoms with Crippen molar-refractivity contribution in [3.8, 4) is 0 Å². The molecule has 0 aromatic carbocycles. The van der Waals surface area contributed by atoms with Crippen LogP contribution in [0.2, 0.25) is 0 Å². The van der Waals surface area contributed by atoms with Gasteiger partial charge in [-0.3, -0.25) is 16.1 Å². The van der Waals surface area contributed by atoms with E-state index in [0.717, 1.165) is 38.6 Å². The summed E-state index contributed by atoms with van der Waals surface area (Å²) in [5.74, 6) is 0.189. The minimum atomic E-state index is -0.415. The molecule has 6 N–H and O–H groups in total. The van der Waals surface area contributed by atoms with E-state index in [-0.39, 0.29) is 40.3 Å². The number of nitrogens with one attached hydrogen (secondary N) is 2. The van der Waals surface area contributed by atoms with E-state index in [1.165, 1.54) is 6.92 Å². The van der Waals surface area contributed by atoms with Gasteiger partial charge in [0.1, 0.15) is 0 Å². The van der Waals surface area contributed by atoms with Gasteiger partial charge in [0.25, 0.3) is 0 Å². The molecule has 175 valence electrons. The van der Waals surface area contributed by atoms with Crippen molar-refractivity contribution in [1.82, 2.24) is 10.6 Å². The number of aliphatic imine (C=N–C) groups is 1. The summed E-state index contributed by atoms with van der Waals surface area (Å²) >= 11 is 4.29. The minimum Gasteiger partial charge on any atom is -0.719 e. The minimum absolute atomic E-state index is 0. The average molecular weight is 525 g/mol. The van der Waals surface area contributed by atoms with Crippen LogP contribution in [0.4, 0.5) is 4.79 Å². The van der Waals surface area contributed by atoms with Crippen LogP contribution in [0.3, 0.4) is 0 Å². The van der Waals surface area contributed by atoms with E-state index in [1.54, 1.807) is 6.08 Å². The van der Waals surface area contributed by atoms with Gasteiger partial charge >= 0.3 is 22.4 Å². The van der Waals surface area contributed by atoms with Gasteiger partial charge in [-0.05, 0) is 19.3 Å². The first-order valence-corrected chi connectivity index (χ1v) is 10.4. The fourth-order valence-electron chi connectivity index (χ4n) is 1.48. The van der Waals surface area contributed by atoms with Crippen LogP contribution in [0.15, 0.2) is 17.6 Å². The van der Waals surface area contributed by atoms with Crippen molar-refractivity contribution in [2.24, 2.45) is 16.5 Å². The predicted octanol–water partition coefficient (Wildman–Crippen LogP) is 2.69. The summed E-state index contributed by atoms with van der Waals surface area (Å²) in [7, 11) is 0. The Balaban J connectivity index is -0.000000100. The number of hydrogen-bond acceptors (Lipinski definition) is 5. The van der Waals surface area contributed by atoms with E-state index in [4.69, 9.17) is 11.5 Å². The molecule has 0 saturated carbocycles. The standard InChI is InChI=1S/C8H14NO2.C6H11NOS.C4H11N3.C2H6.Nb/c1-8(11)9-6-4-2-3-5-7-10;1-3-5(4-2)7-6(8)9;1-2-3-7-4(5)6;1-2;/h2-6H2,1H3,(H,9,11);3,5H,1,4H2,2H3,(H2,7,8,9);2-3H2,1H3,(H4,5,6,7);1-2H3;/q-1;;;;+2/p-1. The van der Waals surface area contributed by atoms with E-state index < -0.39 is 5.24 Å². The van der Waals surface area contributed by atoms with Gasteiger partial charge in [-0.25, -0.2) is 0 Å². The third-order valence-electron chi connectivity index (χ3n) is 2.88. The third kappa shape index (κ3) is 50.4. The second-order valence-electron chi connectivity index (χ2n) is 5.43. The molecule has 0 rings (SSSR count). The van der Waals surface area contributed by atoms with Gasteiger partial charge in [0.15, 0.2) is 5.96 Å². The molecule has 0 aliphatic rings. The Morgan fingerprint density at radius 2 is 1.77 bits per heavy atom. The summed E-state index contributed by atoms with van der Waals surface area (Å²) in [6.07, 6.45) is 8.66. The zero-order chi connectivity index (χ0) is 23.5. The molecule has 0 spiro atoms. The van der Waals surface area contributed by atoms with Crippen LogP contribution < -0.4 is 22.1 Å². The van der Waals surface area contributed by atoms with Crippen LogP contribution in [-0.2, 0) is 44.6 Å². The number of carbonyl (C=O) groups is 2. The molecule has 0 fully saturated rings. The zero-order valence-corrected chi connectivity index (χ0v) is 22.2. The molecular formula is C20H41N5NbO3S. The van der Waals surface area contributed by atoms with Crippen molar-refractivity contribution >= 4 is 36.0 Å². The molecule has 30 heavy (non-hydrogen) atoms. The second-order valence-corrected chi connectivity index (χ2v) is 5.80. The Kier molecular flexibility index (Phi) is 45.7. The molecule has 1 unspecified atom stereocenters. The number of guanidine groups is 1. The third-order valence-corrected chi connectivity index (χ3v) is 2.99. The largest absolute Gasteiger partial charge is 2.00 e. The molecule has 0 heterocycles. The Morgan fingerprint density at radius 3 is 2.03 bits per heavy atom. The number of carbonyl (C=O) groups excluding carboxylic acids is 3. The molecule has 0 aromatic heterocycles. The van der Waals surface area contributed by atoms with Gasteiger partial charge in [0, 0.05) is 26.1 Å². The summed E-state index contributed by atoms with van der Waals surface area (Å²) in [6.45, 7) is 14.5. The summed E-state index contributed by atoms with van der Waals surface area (Å²) in [5, 5.41) is 4.81. The first-order valence-electron chi connectivity index (χ1n) is 9.99. The molecule has 2 amide bonds. The van der Waals surface area contributed by atoms with Crippen molar-refractivity contribution in [2.75, 3.05) is 13.1 Å². The predicted molar refractivity (Wildman–Crippen MR) is 125 cm³/mol. The van der Waals surface area contributed by atoms with Gasteiger partial charge in [-0.15, -0.1) is 6.58 Å². The van der Waals surface area contributed by atoms with E-state index in [0.29, 0.717) is 13.0 Å². The summed E-state index contributed by atoms with van der Waals surface area (Å²) in [4.78, 5) is 34.1. The maximum Gasteiger partial charge on any atom is 2.00 e. The fraction of sp³-hybridized carbons (Fsp3) is 0.700. The van der Waals surface area contributed by atoms with E-state index in [1.807, 2.05) is 34.0 Å². The molecule has 0 aromatic rings. The molecule has 0 aliphatic heterocycles. The second kappa shape index (κ2) is 35.0. The van der Waals surface area contributed by atoms with Crippen LogP contribution in [0.25, 0.3) is 0 Å². The summed E-state index contributed by atoms with van der Waals surface area (Å²) < 4.78 is 0. The van der Waals surface area contributed by atoms with Crippen molar-refractivity contribution in [1.29, 1.82) is 0 Å². The first kappa shape index (κ1) is 39.1. The topological polar surface area (TPSA) is 140 Å². The van der Waals surface area contributed by atoms with Crippen molar-refractivity contribution in [3.63, 3.8) is 0 Å². The molecule has 0 aliphatic carbocycles. The number of nitrogens with zero attached hydrogens (tertiary/aromatic N) is 1. The van der Waals surface area contributed by atoms with Crippen molar-refractivity contribution in [2.45, 2.75) is 79.2 Å². The SMILES string of the molecule is C=CC(CC)NC(=O)[S-].CC.CC(=O)NCCCCC[C-]=O.CCCN=C(N)N.[Nb+2].